The third kappa shape index (κ3) is 3.20. The van der Waals surface area contributed by atoms with Crippen LogP contribution in [0.25, 0.3) is 11.0 Å². The maximum Gasteiger partial charge on any atom is 0.198 e. The van der Waals surface area contributed by atoms with Crippen LogP contribution in [-0.2, 0) is 0 Å². The number of hydrogen-bond donors (Lipinski definition) is 1. The second kappa shape index (κ2) is 7.01. The van der Waals surface area contributed by atoms with Gasteiger partial charge in [0.15, 0.2) is 34.8 Å². The first-order chi connectivity index (χ1) is 13.9. The molecule has 4 aromatic rings. The van der Waals surface area contributed by atoms with Crippen molar-refractivity contribution in [3.05, 3.63) is 89.0 Å². The average Bonchev–Trinajstić information content (AvgIpc) is 3.12. The first-order valence-electron chi connectivity index (χ1n) is 8.14. The molecular formula is C20H9F5N2O2. The van der Waals surface area contributed by atoms with Gasteiger partial charge in [-0.2, -0.15) is 0 Å². The van der Waals surface area contributed by atoms with E-state index >= 15 is 0 Å². The molecule has 0 amide bonds. The largest absolute Gasteiger partial charge is 0.451 e. The first-order valence-corrected chi connectivity index (χ1v) is 8.14. The highest BCUT2D eigenvalue weighted by Gasteiger charge is 2.23. The molecule has 0 fully saturated rings. The summed E-state index contributed by atoms with van der Waals surface area (Å²) < 4.78 is 74.4. The third-order valence-corrected chi connectivity index (χ3v) is 4.16. The monoisotopic (exact) mass is 404 g/mol. The topological polar surface area (TPSA) is 55.0 Å². The van der Waals surface area contributed by atoms with Crippen molar-refractivity contribution in [3.63, 3.8) is 0 Å². The lowest BCUT2D eigenvalue weighted by Crippen LogP contribution is -2.05. The van der Waals surface area contributed by atoms with Crippen LogP contribution in [0.4, 0.5) is 22.0 Å². The summed E-state index contributed by atoms with van der Waals surface area (Å²) >= 11 is 0. The molecule has 4 rings (SSSR count). The van der Waals surface area contributed by atoms with Gasteiger partial charge in [0, 0.05) is 12.3 Å². The molecule has 4 nitrogen and oxygen atoms in total. The molecule has 2 aromatic carbocycles. The summed E-state index contributed by atoms with van der Waals surface area (Å²) in [6.07, 6.45) is 1.73. The minimum absolute atomic E-state index is 0.0809. The Balaban J connectivity index is 1.70. The first kappa shape index (κ1) is 18.6. The maximum absolute atomic E-state index is 14.5. The van der Waals surface area contributed by atoms with Gasteiger partial charge < -0.3 is 9.72 Å². The van der Waals surface area contributed by atoms with Gasteiger partial charge in [0.1, 0.15) is 17.2 Å². The highest BCUT2D eigenvalue weighted by atomic mass is 19.2. The second-order valence-electron chi connectivity index (χ2n) is 5.97. The van der Waals surface area contributed by atoms with Crippen LogP contribution in [-0.4, -0.2) is 15.8 Å². The van der Waals surface area contributed by atoms with Crippen LogP contribution in [0.3, 0.4) is 0 Å². The van der Waals surface area contributed by atoms with Gasteiger partial charge in [0.25, 0.3) is 0 Å². The fraction of sp³-hybridized carbons (Fsp3) is 0. The minimum Gasteiger partial charge on any atom is -0.451 e. The normalized spacial score (nSPS) is 11.1. The lowest BCUT2D eigenvalue weighted by molar-refractivity contribution is 0.103. The Morgan fingerprint density at radius 2 is 1.62 bits per heavy atom. The number of nitrogens with one attached hydrogen (secondary N) is 1. The van der Waals surface area contributed by atoms with Gasteiger partial charge in [-0.25, -0.2) is 26.9 Å². The number of pyridine rings is 1. The van der Waals surface area contributed by atoms with Gasteiger partial charge >= 0.3 is 0 Å². The van der Waals surface area contributed by atoms with E-state index in [0.29, 0.717) is 6.20 Å². The number of fused-ring (bicyclic) bond motifs is 1. The van der Waals surface area contributed by atoms with Crippen molar-refractivity contribution in [2.75, 3.05) is 0 Å². The Hall–Kier alpha value is -3.75. The van der Waals surface area contributed by atoms with Gasteiger partial charge in [0.05, 0.1) is 22.7 Å². The summed E-state index contributed by atoms with van der Waals surface area (Å²) in [7, 11) is 0. The summed E-state index contributed by atoms with van der Waals surface area (Å²) in [5, 5.41) is -0.414. The number of ether oxygens (including phenoxy) is 1. The third-order valence-electron chi connectivity index (χ3n) is 4.16. The molecule has 1 N–H and O–H groups in total. The Morgan fingerprint density at radius 1 is 0.897 bits per heavy atom. The average molecular weight is 404 g/mol. The molecule has 0 aliphatic heterocycles. The summed E-state index contributed by atoms with van der Waals surface area (Å²) in [6, 6.07) is 5.94. The molecule has 9 heteroatoms. The van der Waals surface area contributed by atoms with Crippen molar-refractivity contribution in [3.8, 4) is 11.5 Å². The van der Waals surface area contributed by atoms with Crippen molar-refractivity contribution in [1.29, 1.82) is 0 Å². The minimum atomic E-state index is -1.30. The Bertz CT molecular complexity index is 1250. The van der Waals surface area contributed by atoms with Crippen LogP contribution in [0.1, 0.15) is 15.9 Å². The van der Waals surface area contributed by atoms with E-state index in [0.717, 1.165) is 42.6 Å². The van der Waals surface area contributed by atoms with Crippen molar-refractivity contribution in [1.82, 2.24) is 9.97 Å². The van der Waals surface area contributed by atoms with Gasteiger partial charge in [0.2, 0.25) is 0 Å². The number of benzene rings is 2. The molecule has 0 atom stereocenters. The number of aromatic nitrogens is 2. The molecule has 2 aromatic heterocycles. The van der Waals surface area contributed by atoms with E-state index < -0.39 is 51.6 Å². The second-order valence-corrected chi connectivity index (χ2v) is 5.97. The summed E-state index contributed by atoms with van der Waals surface area (Å²) in [4.78, 5) is 18.8. The zero-order valence-electron chi connectivity index (χ0n) is 14.3. The van der Waals surface area contributed by atoms with E-state index in [1.807, 2.05) is 0 Å². The fourth-order valence-electron chi connectivity index (χ4n) is 2.80. The van der Waals surface area contributed by atoms with Crippen molar-refractivity contribution < 1.29 is 31.5 Å². The van der Waals surface area contributed by atoms with Gasteiger partial charge in [-0.15, -0.1) is 0 Å². The van der Waals surface area contributed by atoms with Crippen LogP contribution in [0.5, 0.6) is 11.5 Å². The number of carbonyl (C=O) groups is 1. The zero-order chi connectivity index (χ0) is 20.7. The molecule has 29 heavy (non-hydrogen) atoms. The molecule has 0 radical (unpaired) electrons. The van der Waals surface area contributed by atoms with E-state index in [-0.39, 0.29) is 17.0 Å². The summed E-state index contributed by atoms with van der Waals surface area (Å²) in [6.45, 7) is 0. The Labute approximate surface area is 159 Å². The molecule has 0 aliphatic carbocycles. The number of halogens is 5. The molecule has 0 bridgehead atoms. The van der Waals surface area contributed by atoms with Crippen LogP contribution >= 0.6 is 0 Å². The maximum atomic E-state index is 14.5. The standard InChI is InChI=1S/C20H9F5N2O2/c21-12-2-1-3-13(22)19(12)29-9-4-5-10(14(23)6-9)18(28)11-7-26-20-16(11)17(25)15(24)8-27-20/h1-8H,(H,26,27). The van der Waals surface area contributed by atoms with E-state index in [9.17, 15) is 26.7 Å². The van der Waals surface area contributed by atoms with Gasteiger partial charge in [-0.05, 0) is 24.3 Å². The molecule has 0 unspecified atom stereocenters. The SMILES string of the molecule is O=C(c1ccc(Oc2c(F)cccc2F)cc1F)c1c[nH]c2ncc(F)c(F)c12. The van der Waals surface area contributed by atoms with Crippen molar-refractivity contribution >= 4 is 16.8 Å². The number of carbonyl (C=O) groups excluding carboxylic acids is 1. The van der Waals surface area contributed by atoms with E-state index in [1.54, 1.807) is 0 Å². The van der Waals surface area contributed by atoms with Crippen LogP contribution in [0.15, 0.2) is 48.8 Å². The number of nitrogens with zero attached hydrogens (tertiary/aromatic N) is 1. The summed E-state index contributed by atoms with van der Waals surface area (Å²) in [5.74, 6) is -7.56. The van der Waals surface area contributed by atoms with E-state index in [4.69, 9.17) is 4.74 Å². The molecule has 0 spiro atoms. The smallest absolute Gasteiger partial charge is 0.198 e. The lowest BCUT2D eigenvalue weighted by atomic mass is 10.0. The highest BCUT2D eigenvalue weighted by Crippen LogP contribution is 2.30. The summed E-state index contributed by atoms with van der Waals surface area (Å²) in [5.41, 5.74) is -0.879. The zero-order valence-corrected chi connectivity index (χ0v) is 14.3. The molecule has 146 valence electrons. The number of aromatic amines is 1. The van der Waals surface area contributed by atoms with E-state index in [2.05, 4.69) is 9.97 Å². The molecule has 0 aliphatic rings. The predicted octanol–water partition coefficient (Wildman–Crippen LogP) is 5.28. The van der Waals surface area contributed by atoms with Gasteiger partial charge in [-0.1, -0.05) is 6.07 Å². The molecule has 0 saturated heterocycles. The predicted molar refractivity (Wildman–Crippen MR) is 92.3 cm³/mol. The number of hydrogen-bond acceptors (Lipinski definition) is 3. The number of H-pyrrole nitrogens is 1. The highest BCUT2D eigenvalue weighted by molar-refractivity contribution is 6.16. The van der Waals surface area contributed by atoms with Crippen LogP contribution < -0.4 is 4.74 Å². The molecular weight excluding hydrogens is 395 g/mol. The van der Waals surface area contributed by atoms with Crippen LogP contribution in [0.2, 0.25) is 0 Å². The Kier molecular flexibility index (Phi) is 4.50. The van der Waals surface area contributed by atoms with Crippen molar-refractivity contribution in [2.45, 2.75) is 0 Å². The fourth-order valence-corrected chi connectivity index (χ4v) is 2.80. The Morgan fingerprint density at radius 3 is 2.31 bits per heavy atom. The number of para-hydroxylation sites is 1. The van der Waals surface area contributed by atoms with Gasteiger partial charge in [-0.3, -0.25) is 4.79 Å². The molecule has 2 heterocycles. The number of ketones is 1. The van der Waals surface area contributed by atoms with Crippen molar-refractivity contribution in [2.24, 2.45) is 0 Å². The quantitative estimate of drug-likeness (QED) is 0.372. The number of rotatable bonds is 4. The lowest BCUT2D eigenvalue weighted by Gasteiger charge is -2.09. The van der Waals surface area contributed by atoms with Crippen LogP contribution in [0, 0.1) is 29.1 Å². The van der Waals surface area contributed by atoms with E-state index in [1.165, 1.54) is 0 Å². The molecule has 0 saturated carbocycles.